The molecule has 2 aromatic rings. The lowest BCUT2D eigenvalue weighted by atomic mass is 10.1. The van der Waals surface area contributed by atoms with E-state index < -0.39 is 34.2 Å². The van der Waals surface area contributed by atoms with E-state index in [9.17, 15) is 22.4 Å². The summed E-state index contributed by atoms with van der Waals surface area (Å²) >= 11 is 0. The van der Waals surface area contributed by atoms with Gasteiger partial charge in [-0.3, -0.25) is 4.79 Å². The summed E-state index contributed by atoms with van der Waals surface area (Å²) in [5.41, 5.74) is 0.779. The number of ether oxygens (including phenoxy) is 1. The smallest absolute Gasteiger partial charge is 0.338 e. The molecule has 0 amide bonds. The highest BCUT2D eigenvalue weighted by atomic mass is 32.2. The first-order valence-electron chi connectivity index (χ1n) is 7.62. The molecule has 26 heavy (non-hydrogen) atoms. The Bertz CT molecular complexity index is 937. The average Bonchev–Trinajstić information content (AvgIpc) is 2.60. The van der Waals surface area contributed by atoms with E-state index in [0.29, 0.717) is 5.56 Å². The van der Waals surface area contributed by atoms with Gasteiger partial charge in [-0.1, -0.05) is 6.07 Å². The molecule has 6 nitrogen and oxygen atoms in total. The summed E-state index contributed by atoms with van der Waals surface area (Å²) in [5, 5.41) is 0. The van der Waals surface area contributed by atoms with Crippen LogP contribution in [0, 0.1) is 12.7 Å². The topological polar surface area (TPSA) is 80.8 Å². The van der Waals surface area contributed by atoms with Gasteiger partial charge in [-0.05, 0) is 48.9 Å². The van der Waals surface area contributed by atoms with Gasteiger partial charge in [0.25, 0.3) is 0 Å². The molecule has 2 aromatic carbocycles. The van der Waals surface area contributed by atoms with Crippen LogP contribution in [0.2, 0.25) is 0 Å². The SMILES string of the molecule is Cc1ccc(S(=O)(=O)N(C)C)cc1C(=O)OCC(=O)c1ccc(F)cc1. The molecule has 0 N–H and O–H groups in total. The lowest BCUT2D eigenvalue weighted by Gasteiger charge is -2.13. The highest BCUT2D eigenvalue weighted by molar-refractivity contribution is 7.89. The van der Waals surface area contributed by atoms with Crippen LogP contribution >= 0.6 is 0 Å². The van der Waals surface area contributed by atoms with Crippen molar-refractivity contribution in [2.75, 3.05) is 20.7 Å². The second-order valence-electron chi connectivity index (χ2n) is 5.77. The molecule has 0 radical (unpaired) electrons. The zero-order chi connectivity index (χ0) is 19.5. The lowest BCUT2D eigenvalue weighted by molar-refractivity contribution is 0.0473. The predicted octanol–water partition coefficient (Wildman–Crippen LogP) is 2.42. The number of aryl methyl sites for hydroxylation is 1. The number of rotatable bonds is 6. The number of nitrogens with zero attached hydrogens (tertiary/aromatic N) is 1. The Balaban J connectivity index is 2.17. The minimum atomic E-state index is -3.70. The predicted molar refractivity (Wildman–Crippen MR) is 93.1 cm³/mol. The van der Waals surface area contributed by atoms with Crippen molar-refractivity contribution in [2.24, 2.45) is 0 Å². The van der Waals surface area contributed by atoms with Gasteiger partial charge in [-0.2, -0.15) is 0 Å². The number of sulfonamides is 1. The number of ketones is 1. The Labute approximate surface area is 151 Å². The average molecular weight is 379 g/mol. The fourth-order valence-electron chi connectivity index (χ4n) is 2.12. The Morgan fingerprint density at radius 1 is 1.08 bits per heavy atom. The van der Waals surface area contributed by atoms with Gasteiger partial charge < -0.3 is 4.74 Å². The molecule has 0 aliphatic carbocycles. The molecule has 8 heteroatoms. The van der Waals surface area contributed by atoms with E-state index in [1.165, 1.54) is 44.4 Å². The fourth-order valence-corrected chi connectivity index (χ4v) is 3.05. The van der Waals surface area contributed by atoms with Crippen molar-refractivity contribution in [2.45, 2.75) is 11.8 Å². The third-order valence-corrected chi connectivity index (χ3v) is 5.52. The van der Waals surface area contributed by atoms with Crippen LogP contribution in [-0.2, 0) is 14.8 Å². The van der Waals surface area contributed by atoms with Crippen LogP contribution in [0.4, 0.5) is 4.39 Å². The van der Waals surface area contributed by atoms with Gasteiger partial charge in [-0.15, -0.1) is 0 Å². The van der Waals surface area contributed by atoms with Crippen LogP contribution < -0.4 is 0 Å². The van der Waals surface area contributed by atoms with Gasteiger partial charge in [0, 0.05) is 19.7 Å². The second kappa shape index (κ2) is 7.76. The highest BCUT2D eigenvalue weighted by Crippen LogP contribution is 2.19. The maximum absolute atomic E-state index is 12.9. The Morgan fingerprint density at radius 3 is 2.27 bits per heavy atom. The van der Waals surface area contributed by atoms with Crippen LogP contribution in [0.1, 0.15) is 26.3 Å². The maximum atomic E-state index is 12.9. The molecule has 0 atom stereocenters. The molecule has 0 aliphatic rings. The number of esters is 1. The van der Waals surface area contributed by atoms with Crippen LogP contribution in [-0.4, -0.2) is 45.2 Å². The maximum Gasteiger partial charge on any atom is 0.338 e. The number of carbonyl (C=O) groups is 2. The standard InChI is InChI=1S/C18H18FNO5S/c1-12-4-9-15(26(23,24)20(2)3)10-16(12)18(22)25-11-17(21)13-5-7-14(19)8-6-13/h4-10H,11H2,1-3H3. The Hall–Kier alpha value is -2.58. The van der Waals surface area contributed by atoms with Crippen molar-refractivity contribution in [3.8, 4) is 0 Å². The Kier molecular flexibility index (Phi) is 5.89. The number of Topliss-reactive ketones (excluding diaryl/α,β-unsaturated/α-hetero) is 1. The van der Waals surface area contributed by atoms with E-state index in [0.717, 1.165) is 16.4 Å². The molecular formula is C18H18FNO5S. The molecule has 0 spiro atoms. The van der Waals surface area contributed by atoms with Crippen LogP contribution in [0.15, 0.2) is 47.4 Å². The summed E-state index contributed by atoms with van der Waals surface area (Å²) in [5.74, 6) is -1.78. The van der Waals surface area contributed by atoms with E-state index in [1.807, 2.05) is 0 Å². The van der Waals surface area contributed by atoms with Crippen LogP contribution in [0.25, 0.3) is 0 Å². The third kappa shape index (κ3) is 4.33. The number of hydrogen-bond donors (Lipinski definition) is 0. The summed E-state index contributed by atoms with van der Waals surface area (Å²) in [6, 6.07) is 8.96. The minimum absolute atomic E-state index is 0.0510. The Morgan fingerprint density at radius 2 is 1.69 bits per heavy atom. The second-order valence-corrected chi connectivity index (χ2v) is 7.92. The summed E-state index contributed by atoms with van der Waals surface area (Å²) in [6.45, 7) is 1.10. The number of benzene rings is 2. The highest BCUT2D eigenvalue weighted by Gasteiger charge is 2.21. The molecule has 0 aliphatic heterocycles. The van der Waals surface area contributed by atoms with Crippen LogP contribution in [0.3, 0.4) is 0 Å². The minimum Gasteiger partial charge on any atom is -0.454 e. The molecule has 0 bridgehead atoms. The first-order chi connectivity index (χ1) is 12.1. The summed E-state index contributed by atoms with van der Waals surface area (Å²) in [4.78, 5) is 24.2. The molecule has 2 rings (SSSR count). The monoisotopic (exact) mass is 379 g/mol. The van der Waals surface area contributed by atoms with Gasteiger partial charge in [-0.25, -0.2) is 21.9 Å². The van der Waals surface area contributed by atoms with Crippen LogP contribution in [0.5, 0.6) is 0 Å². The van der Waals surface area contributed by atoms with Crippen molar-refractivity contribution in [1.82, 2.24) is 4.31 Å². The van der Waals surface area contributed by atoms with E-state index in [1.54, 1.807) is 6.92 Å². The summed E-state index contributed by atoms with van der Waals surface area (Å²) in [7, 11) is -0.938. The summed E-state index contributed by atoms with van der Waals surface area (Å²) < 4.78 is 43.3. The van der Waals surface area contributed by atoms with Gasteiger partial charge >= 0.3 is 5.97 Å². The molecule has 0 saturated heterocycles. The number of halogens is 1. The molecule has 0 heterocycles. The van der Waals surface area contributed by atoms with Crippen molar-refractivity contribution in [3.05, 3.63) is 65.0 Å². The fraction of sp³-hybridized carbons (Fsp3) is 0.222. The van der Waals surface area contributed by atoms with E-state index >= 15 is 0 Å². The van der Waals surface area contributed by atoms with E-state index in [-0.39, 0.29) is 16.0 Å². The number of hydrogen-bond acceptors (Lipinski definition) is 5. The van der Waals surface area contributed by atoms with E-state index in [4.69, 9.17) is 4.74 Å². The number of carbonyl (C=O) groups excluding carboxylic acids is 2. The molecule has 0 aromatic heterocycles. The zero-order valence-corrected chi connectivity index (χ0v) is 15.3. The molecule has 0 saturated carbocycles. The molecule has 0 unspecified atom stereocenters. The molecular weight excluding hydrogens is 361 g/mol. The lowest BCUT2D eigenvalue weighted by Crippen LogP contribution is -2.23. The van der Waals surface area contributed by atoms with Gasteiger partial charge in [0.05, 0.1) is 10.5 Å². The largest absolute Gasteiger partial charge is 0.454 e. The van der Waals surface area contributed by atoms with E-state index in [2.05, 4.69) is 0 Å². The molecule has 138 valence electrons. The molecule has 0 fully saturated rings. The van der Waals surface area contributed by atoms with Gasteiger partial charge in [0.15, 0.2) is 12.4 Å². The first-order valence-corrected chi connectivity index (χ1v) is 9.06. The van der Waals surface area contributed by atoms with Gasteiger partial charge in [0.1, 0.15) is 5.82 Å². The zero-order valence-electron chi connectivity index (χ0n) is 14.5. The normalized spacial score (nSPS) is 11.4. The van der Waals surface area contributed by atoms with Gasteiger partial charge in [0.2, 0.25) is 10.0 Å². The van der Waals surface area contributed by atoms with Crippen molar-refractivity contribution in [3.63, 3.8) is 0 Å². The quantitative estimate of drug-likeness (QED) is 0.569. The van der Waals surface area contributed by atoms with Crippen molar-refractivity contribution in [1.29, 1.82) is 0 Å². The first kappa shape index (κ1) is 19.7. The van der Waals surface area contributed by atoms with Crippen molar-refractivity contribution < 1.29 is 27.1 Å². The van der Waals surface area contributed by atoms with Crippen molar-refractivity contribution >= 4 is 21.8 Å². The third-order valence-electron chi connectivity index (χ3n) is 3.71. The summed E-state index contributed by atoms with van der Waals surface area (Å²) in [6.07, 6.45) is 0.